The molecule has 0 aromatic carbocycles. The van der Waals surface area contributed by atoms with Crippen LogP contribution in [0.3, 0.4) is 0 Å². The third-order valence-corrected chi connectivity index (χ3v) is 4.83. The van der Waals surface area contributed by atoms with Gasteiger partial charge in [-0.2, -0.15) is 0 Å². The van der Waals surface area contributed by atoms with Crippen LogP contribution in [-0.2, 0) is 4.79 Å². The molecule has 2 aliphatic heterocycles. The molecule has 2 heterocycles. The van der Waals surface area contributed by atoms with Gasteiger partial charge in [-0.15, -0.1) is 24.8 Å². The number of β-amino-alcohol motifs (C(OH)–C–C–N with tert-alkyl or cyclic N) is 1. The fourth-order valence-electron chi connectivity index (χ4n) is 3.58. The molecule has 2 saturated heterocycles. The first-order valence-electron chi connectivity index (χ1n) is 8.42. The number of amides is 1. The van der Waals surface area contributed by atoms with E-state index in [0.717, 1.165) is 65.0 Å². The van der Waals surface area contributed by atoms with Crippen molar-refractivity contribution in [3.05, 3.63) is 0 Å². The van der Waals surface area contributed by atoms with Crippen LogP contribution < -0.4 is 5.32 Å². The van der Waals surface area contributed by atoms with Gasteiger partial charge >= 0.3 is 0 Å². The average Bonchev–Trinajstić information content (AvgIpc) is 2.49. The van der Waals surface area contributed by atoms with E-state index in [2.05, 4.69) is 10.2 Å². The highest BCUT2D eigenvalue weighted by Crippen LogP contribution is 2.20. The molecule has 0 bridgehead atoms. The van der Waals surface area contributed by atoms with E-state index in [-0.39, 0.29) is 36.8 Å². The largest absolute Gasteiger partial charge is 0.392 e. The monoisotopic (exact) mass is 369 g/mol. The van der Waals surface area contributed by atoms with Crippen molar-refractivity contribution in [1.29, 1.82) is 0 Å². The predicted octanol–water partition coefficient (Wildman–Crippen LogP) is 1.38. The van der Waals surface area contributed by atoms with Gasteiger partial charge in [0.2, 0.25) is 5.91 Å². The molecule has 5 nitrogen and oxygen atoms in total. The second-order valence-electron chi connectivity index (χ2n) is 6.84. The Morgan fingerprint density at radius 1 is 1.22 bits per heavy atom. The Kier molecular flexibility index (Phi) is 11.4. The summed E-state index contributed by atoms with van der Waals surface area (Å²) in [4.78, 5) is 16.7. The summed E-state index contributed by atoms with van der Waals surface area (Å²) in [7, 11) is 1.96. The molecule has 23 heavy (non-hydrogen) atoms. The van der Waals surface area contributed by atoms with Crippen molar-refractivity contribution in [2.24, 2.45) is 11.8 Å². The molecule has 1 amide bonds. The molecule has 7 heteroatoms. The van der Waals surface area contributed by atoms with Crippen LogP contribution in [0.1, 0.15) is 32.6 Å². The highest BCUT2D eigenvalue weighted by Gasteiger charge is 2.27. The van der Waals surface area contributed by atoms with Crippen molar-refractivity contribution in [3.8, 4) is 0 Å². The lowest BCUT2D eigenvalue weighted by atomic mass is 9.93. The number of piperidine rings is 2. The third-order valence-electron chi connectivity index (χ3n) is 4.83. The van der Waals surface area contributed by atoms with Crippen LogP contribution in [-0.4, -0.2) is 73.2 Å². The van der Waals surface area contributed by atoms with Gasteiger partial charge in [0.1, 0.15) is 0 Å². The van der Waals surface area contributed by atoms with Crippen molar-refractivity contribution in [3.63, 3.8) is 0 Å². The number of rotatable bonds is 5. The van der Waals surface area contributed by atoms with Gasteiger partial charge in [0.05, 0.1) is 6.10 Å². The first kappa shape index (κ1) is 22.9. The summed E-state index contributed by atoms with van der Waals surface area (Å²) in [5.74, 6) is 1.18. The van der Waals surface area contributed by atoms with Crippen LogP contribution in [0.4, 0.5) is 0 Å². The van der Waals surface area contributed by atoms with Crippen molar-refractivity contribution >= 4 is 30.7 Å². The summed E-state index contributed by atoms with van der Waals surface area (Å²) in [6, 6.07) is 0. The van der Waals surface area contributed by atoms with Gasteiger partial charge in [-0.3, -0.25) is 4.79 Å². The summed E-state index contributed by atoms with van der Waals surface area (Å²) in [6.45, 7) is 7.55. The Morgan fingerprint density at radius 2 is 1.78 bits per heavy atom. The molecular formula is C16H33Cl2N3O2. The molecule has 0 saturated carbocycles. The number of nitrogens with one attached hydrogen (secondary N) is 1. The number of nitrogens with zero attached hydrogens (tertiary/aromatic N) is 2. The third kappa shape index (κ3) is 7.57. The predicted molar refractivity (Wildman–Crippen MR) is 98.6 cm³/mol. The molecule has 1 unspecified atom stereocenters. The Labute approximate surface area is 153 Å². The average molecular weight is 370 g/mol. The lowest BCUT2D eigenvalue weighted by Crippen LogP contribution is -2.44. The maximum atomic E-state index is 12.4. The molecule has 138 valence electrons. The molecule has 0 aromatic heterocycles. The molecule has 2 N–H and O–H groups in total. The van der Waals surface area contributed by atoms with E-state index in [1.54, 1.807) is 0 Å². The molecular weight excluding hydrogens is 337 g/mol. The minimum absolute atomic E-state index is 0. The second-order valence-corrected chi connectivity index (χ2v) is 6.84. The molecule has 2 aliphatic rings. The van der Waals surface area contributed by atoms with E-state index < -0.39 is 0 Å². The first-order valence-corrected chi connectivity index (χ1v) is 8.42. The van der Waals surface area contributed by atoms with Gasteiger partial charge in [0.15, 0.2) is 0 Å². The fraction of sp³-hybridized carbons (Fsp3) is 0.938. The summed E-state index contributed by atoms with van der Waals surface area (Å²) in [5.41, 5.74) is 0. The summed E-state index contributed by atoms with van der Waals surface area (Å²) >= 11 is 0. The van der Waals surface area contributed by atoms with Gasteiger partial charge < -0.3 is 20.2 Å². The van der Waals surface area contributed by atoms with Gasteiger partial charge in [0, 0.05) is 26.1 Å². The second kappa shape index (κ2) is 11.5. The number of hydrogen-bond acceptors (Lipinski definition) is 4. The minimum atomic E-state index is -0.245. The summed E-state index contributed by atoms with van der Waals surface area (Å²) in [6.07, 6.45) is 3.99. The van der Waals surface area contributed by atoms with Crippen molar-refractivity contribution in [1.82, 2.24) is 15.1 Å². The number of carbonyl (C=O) groups excluding carboxylic acids is 1. The molecule has 2 rings (SSSR count). The quantitative estimate of drug-likeness (QED) is 0.768. The van der Waals surface area contributed by atoms with E-state index in [9.17, 15) is 9.90 Å². The van der Waals surface area contributed by atoms with Crippen LogP contribution in [0.2, 0.25) is 0 Å². The maximum absolute atomic E-state index is 12.4. The van der Waals surface area contributed by atoms with Crippen LogP contribution >= 0.6 is 24.8 Å². The van der Waals surface area contributed by atoms with Crippen LogP contribution in [0, 0.1) is 11.8 Å². The standard InChI is InChI=1S/C16H31N3O2.2ClH/c1-13(20)11-19-9-5-14(6-10-19)12-18(2)16(21)15-3-7-17-8-4-15;;/h13-15,17,20H,3-12H2,1-2H3;2*1H. The van der Waals surface area contributed by atoms with Crippen molar-refractivity contribution in [2.45, 2.75) is 38.7 Å². The van der Waals surface area contributed by atoms with E-state index in [1.165, 1.54) is 0 Å². The Morgan fingerprint density at radius 3 is 2.30 bits per heavy atom. The lowest BCUT2D eigenvalue weighted by Gasteiger charge is -2.35. The zero-order valence-corrected chi connectivity index (χ0v) is 16.0. The minimum Gasteiger partial charge on any atom is -0.392 e. The van der Waals surface area contributed by atoms with Crippen LogP contribution in [0.25, 0.3) is 0 Å². The smallest absolute Gasteiger partial charge is 0.225 e. The fourth-order valence-corrected chi connectivity index (χ4v) is 3.58. The zero-order valence-electron chi connectivity index (χ0n) is 14.4. The normalized spacial score (nSPS) is 21.9. The molecule has 1 atom stereocenters. The van der Waals surface area contributed by atoms with Crippen molar-refractivity contribution in [2.75, 3.05) is 46.3 Å². The van der Waals surface area contributed by atoms with E-state index in [0.29, 0.717) is 11.8 Å². The summed E-state index contributed by atoms with van der Waals surface area (Å²) in [5, 5.41) is 12.7. The van der Waals surface area contributed by atoms with Gasteiger partial charge in [0.25, 0.3) is 0 Å². The molecule has 0 spiro atoms. The van der Waals surface area contributed by atoms with E-state index in [1.807, 2.05) is 18.9 Å². The molecule has 2 fully saturated rings. The molecule has 0 aliphatic carbocycles. The topological polar surface area (TPSA) is 55.8 Å². The first-order chi connectivity index (χ1) is 10.1. The van der Waals surface area contributed by atoms with Gasteiger partial charge in [-0.1, -0.05) is 0 Å². The number of halogens is 2. The van der Waals surface area contributed by atoms with E-state index >= 15 is 0 Å². The number of likely N-dealkylation sites (tertiary alicyclic amines) is 1. The number of hydrogen-bond donors (Lipinski definition) is 2. The Balaban J connectivity index is 0.00000242. The Bertz CT molecular complexity index is 331. The van der Waals surface area contributed by atoms with Crippen LogP contribution in [0.5, 0.6) is 0 Å². The van der Waals surface area contributed by atoms with E-state index in [4.69, 9.17) is 0 Å². The van der Waals surface area contributed by atoms with Crippen LogP contribution in [0.15, 0.2) is 0 Å². The van der Waals surface area contributed by atoms with Gasteiger partial charge in [-0.05, 0) is 64.7 Å². The SMILES string of the molecule is CC(O)CN1CCC(CN(C)C(=O)C2CCNCC2)CC1.Cl.Cl. The number of aliphatic hydroxyl groups excluding tert-OH is 1. The maximum Gasteiger partial charge on any atom is 0.225 e. The van der Waals surface area contributed by atoms with Gasteiger partial charge in [-0.25, -0.2) is 0 Å². The highest BCUT2D eigenvalue weighted by molar-refractivity contribution is 5.85. The molecule has 0 radical (unpaired) electrons. The zero-order chi connectivity index (χ0) is 15.2. The Hall–Kier alpha value is -0.0700. The lowest BCUT2D eigenvalue weighted by molar-refractivity contribution is -0.135. The molecule has 0 aromatic rings. The number of aliphatic hydroxyl groups is 1. The highest BCUT2D eigenvalue weighted by atomic mass is 35.5. The summed E-state index contributed by atoms with van der Waals surface area (Å²) < 4.78 is 0. The van der Waals surface area contributed by atoms with Crippen molar-refractivity contribution < 1.29 is 9.90 Å². The number of carbonyl (C=O) groups is 1.